The maximum atomic E-state index is 12.3. The number of allylic oxidation sites excluding steroid dienone is 4. The first kappa shape index (κ1) is 72.4. The van der Waals surface area contributed by atoms with Crippen LogP contribution in [-0.4, -0.2) is 36.4 Å². The second-order valence-corrected chi connectivity index (χ2v) is 23.3. The van der Waals surface area contributed by atoms with E-state index in [4.69, 9.17) is 9.47 Å². The number of hydrogen-bond donors (Lipinski definition) is 1. The Labute approximate surface area is 464 Å². The Morgan fingerprint density at radius 3 is 0.730 bits per heavy atom. The number of aliphatic hydroxyl groups is 1. The van der Waals surface area contributed by atoms with E-state index in [1.54, 1.807) is 0 Å². The quantitative estimate of drug-likeness (QED) is 0.0373. The van der Waals surface area contributed by atoms with Gasteiger partial charge in [-0.25, -0.2) is 0 Å². The zero-order valence-electron chi connectivity index (χ0n) is 50.4. The summed E-state index contributed by atoms with van der Waals surface area (Å²) in [7, 11) is 0. The van der Waals surface area contributed by atoms with E-state index in [0.29, 0.717) is 12.8 Å². The van der Waals surface area contributed by atoms with Crippen molar-refractivity contribution in [2.75, 3.05) is 13.2 Å². The van der Waals surface area contributed by atoms with E-state index in [1.165, 1.54) is 321 Å². The minimum atomic E-state index is -0.770. The maximum Gasteiger partial charge on any atom is 0.306 e. The lowest BCUT2D eigenvalue weighted by Crippen LogP contribution is -2.28. The third kappa shape index (κ3) is 62.9. The molecule has 0 bridgehead atoms. The smallest absolute Gasteiger partial charge is 0.306 e. The number of carbonyl (C=O) groups excluding carboxylic acids is 2. The standard InChI is InChI=1S/C69H132O5/c1-3-5-7-9-11-13-15-17-19-21-23-25-26-27-28-29-30-31-32-33-34-35-36-37-38-39-40-41-42-44-46-48-50-52-54-56-58-60-62-64-69(72)74-67(65-70)66-73-68(71)63-61-59-57-55-53-51-49-47-45-43-24-22-20-18-16-14-12-10-8-6-4-2/h21-24,67,70H,3-20,25-66H2,1-2H3/b23-21-,24-22-. The number of aliphatic hydroxyl groups excluding tert-OH is 1. The molecule has 0 aromatic rings. The fourth-order valence-electron chi connectivity index (χ4n) is 10.6. The number of esters is 2. The summed E-state index contributed by atoms with van der Waals surface area (Å²) in [6.45, 7) is 4.20. The molecule has 5 heteroatoms. The maximum absolute atomic E-state index is 12.3. The molecule has 74 heavy (non-hydrogen) atoms. The first-order valence-corrected chi connectivity index (χ1v) is 33.9. The first-order valence-electron chi connectivity index (χ1n) is 33.9. The van der Waals surface area contributed by atoms with Gasteiger partial charge in [0.15, 0.2) is 6.10 Å². The summed E-state index contributed by atoms with van der Waals surface area (Å²) in [5.74, 6) is -0.570. The van der Waals surface area contributed by atoms with Crippen LogP contribution in [0.25, 0.3) is 0 Å². The largest absolute Gasteiger partial charge is 0.462 e. The molecule has 0 aliphatic carbocycles. The van der Waals surface area contributed by atoms with Gasteiger partial charge in [0, 0.05) is 12.8 Å². The highest BCUT2D eigenvalue weighted by Gasteiger charge is 2.16. The molecule has 0 aliphatic heterocycles. The van der Waals surface area contributed by atoms with Crippen LogP contribution in [0.4, 0.5) is 0 Å². The van der Waals surface area contributed by atoms with Crippen LogP contribution in [0.15, 0.2) is 24.3 Å². The van der Waals surface area contributed by atoms with Gasteiger partial charge in [-0.2, -0.15) is 0 Å². The number of unbranched alkanes of at least 4 members (excludes halogenated alkanes) is 52. The molecule has 1 N–H and O–H groups in total. The van der Waals surface area contributed by atoms with Crippen LogP contribution in [0.3, 0.4) is 0 Å². The molecule has 0 saturated carbocycles. The van der Waals surface area contributed by atoms with E-state index >= 15 is 0 Å². The summed E-state index contributed by atoms with van der Waals surface area (Å²) in [5.41, 5.74) is 0. The predicted octanol–water partition coefficient (Wildman–Crippen LogP) is 23.2. The minimum absolute atomic E-state index is 0.0605. The van der Waals surface area contributed by atoms with Gasteiger partial charge in [0.25, 0.3) is 0 Å². The zero-order chi connectivity index (χ0) is 53.4. The van der Waals surface area contributed by atoms with Gasteiger partial charge in [-0.15, -0.1) is 0 Å². The summed E-state index contributed by atoms with van der Waals surface area (Å²) in [4.78, 5) is 24.6. The normalized spacial score (nSPS) is 12.2. The van der Waals surface area contributed by atoms with Gasteiger partial charge >= 0.3 is 11.9 Å². The number of carbonyl (C=O) groups is 2. The molecular formula is C69H132O5. The first-order chi connectivity index (χ1) is 36.6. The van der Waals surface area contributed by atoms with Gasteiger partial charge in [0.1, 0.15) is 6.61 Å². The van der Waals surface area contributed by atoms with Gasteiger partial charge in [-0.05, 0) is 64.2 Å². The highest BCUT2D eigenvalue weighted by Crippen LogP contribution is 2.19. The number of ether oxygens (including phenoxy) is 2. The Bertz CT molecular complexity index is 1130. The Balaban J connectivity index is 3.36. The lowest BCUT2D eigenvalue weighted by molar-refractivity contribution is -0.161. The van der Waals surface area contributed by atoms with E-state index in [-0.39, 0.29) is 25.2 Å². The topological polar surface area (TPSA) is 72.8 Å². The summed E-state index contributed by atoms with van der Waals surface area (Å²) in [6, 6.07) is 0. The molecule has 0 aromatic heterocycles. The Hall–Kier alpha value is -1.62. The minimum Gasteiger partial charge on any atom is -0.462 e. The van der Waals surface area contributed by atoms with E-state index in [0.717, 1.165) is 38.5 Å². The van der Waals surface area contributed by atoms with E-state index < -0.39 is 6.10 Å². The van der Waals surface area contributed by atoms with Gasteiger partial charge in [-0.1, -0.05) is 334 Å². The highest BCUT2D eigenvalue weighted by atomic mass is 16.6. The van der Waals surface area contributed by atoms with Crippen molar-refractivity contribution < 1.29 is 24.2 Å². The number of hydrogen-bond acceptors (Lipinski definition) is 5. The molecule has 0 spiro atoms. The van der Waals surface area contributed by atoms with Crippen LogP contribution in [0.1, 0.15) is 386 Å². The van der Waals surface area contributed by atoms with Crippen molar-refractivity contribution >= 4 is 11.9 Å². The monoisotopic (exact) mass is 1040 g/mol. The van der Waals surface area contributed by atoms with Crippen LogP contribution < -0.4 is 0 Å². The van der Waals surface area contributed by atoms with Gasteiger partial charge in [-0.3, -0.25) is 9.59 Å². The fourth-order valence-corrected chi connectivity index (χ4v) is 10.6. The molecule has 0 rings (SSSR count). The van der Waals surface area contributed by atoms with Crippen molar-refractivity contribution in [2.24, 2.45) is 0 Å². The molecule has 0 aromatic carbocycles. The van der Waals surface area contributed by atoms with Crippen LogP contribution in [0.2, 0.25) is 0 Å². The second kappa shape index (κ2) is 65.7. The molecule has 5 nitrogen and oxygen atoms in total. The SMILES string of the molecule is CCCCCCCCCC/C=C\CCCCCCCCCCCCCCCCCCCCCCCCCCCCCC(=O)OC(CO)COC(=O)CCCCCCCCCCC/C=C\CCCCCCCCCC. The Kier molecular flexibility index (Phi) is 64.2. The van der Waals surface area contributed by atoms with E-state index in [9.17, 15) is 14.7 Å². The summed E-state index contributed by atoms with van der Waals surface area (Å²) < 4.78 is 10.7. The van der Waals surface area contributed by atoms with Crippen LogP contribution >= 0.6 is 0 Å². The highest BCUT2D eigenvalue weighted by molar-refractivity contribution is 5.70. The molecule has 0 radical (unpaired) electrons. The zero-order valence-corrected chi connectivity index (χ0v) is 50.4. The van der Waals surface area contributed by atoms with Gasteiger partial charge < -0.3 is 14.6 Å². The lowest BCUT2D eigenvalue weighted by Gasteiger charge is -2.15. The molecular weight excluding hydrogens is 909 g/mol. The molecule has 1 unspecified atom stereocenters. The van der Waals surface area contributed by atoms with Gasteiger partial charge in [0.2, 0.25) is 0 Å². The Morgan fingerprint density at radius 2 is 0.500 bits per heavy atom. The molecule has 0 saturated heterocycles. The molecule has 0 aliphatic rings. The van der Waals surface area contributed by atoms with Crippen molar-refractivity contribution in [1.82, 2.24) is 0 Å². The summed E-state index contributed by atoms with van der Waals surface area (Å²) in [5, 5.41) is 9.68. The average molecular weight is 1040 g/mol. The summed E-state index contributed by atoms with van der Waals surface area (Å²) in [6.07, 6.45) is 85.0. The number of rotatable bonds is 64. The van der Waals surface area contributed by atoms with Crippen molar-refractivity contribution in [3.63, 3.8) is 0 Å². The molecule has 438 valence electrons. The van der Waals surface area contributed by atoms with Crippen LogP contribution in [0.5, 0.6) is 0 Å². The average Bonchev–Trinajstić information content (AvgIpc) is 3.40. The van der Waals surface area contributed by atoms with Crippen molar-refractivity contribution in [3.05, 3.63) is 24.3 Å². The van der Waals surface area contributed by atoms with E-state index in [2.05, 4.69) is 38.2 Å². The molecule has 0 fully saturated rings. The van der Waals surface area contributed by atoms with Crippen molar-refractivity contribution in [1.29, 1.82) is 0 Å². The van der Waals surface area contributed by atoms with Crippen molar-refractivity contribution in [3.8, 4) is 0 Å². The predicted molar refractivity (Wildman–Crippen MR) is 325 cm³/mol. The van der Waals surface area contributed by atoms with Crippen LogP contribution in [0, 0.1) is 0 Å². The lowest BCUT2D eigenvalue weighted by atomic mass is 10.0. The molecule has 0 heterocycles. The molecule has 1 atom stereocenters. The van der Waals surface area contributed by atoms with E-state index in [1.807, 2.05) is 0 Å². The fraction of sp³-hybridized carbons (Fsp3) is 0.913. The molecule has 0 amide bonds. The Morgan fingerprint density at radius 1 is 0.297 bits per heavy atom. The summed E-state index contributed by atoms with van der Waals surface area (Å²) >= 11 is 0. The van der Waals surface area contributed by atoms with Crippen molar-refractivity contribution in [2.45, 2.75) is 392 Å². The second-order valence-electron chi connectivity index (χ2n) is 23.3. The van der Waals surface area contributed by atoms with Crippen LogP contribution in [-0.2, 0) is 19.1 Å². The third-order valence-electron chi connectivity index (χ3n) is 15.7. The third-order valence-corrected chi connectivity index (χ3v) is 15.7. The van der Waals surface area contributed by atoms with Gasteiger partial charge in [0.05, 0.1) is 6.61 Å².